The Balaban J connectivity index is 0.000000741. The molecule has 19 heavy (non-hydrogen) atoms. The van der Waals surface area contributed by atoms with Gasteiger partial charge in [0.05, 0.1) is 0 Å². The lowest BCUT2D eigenvalue weighted by atomic mass is 10.0. The number of hydrogen-bond donors (Lipinski definition) is 1. The SMILES string of the molecule is CC.CC.CCCCN1CC2CC(NC=O)CC2C1. The standard InChI is InChI=1S/C12H22N2O.2C2H6/c1-2-3-4-14-7-10-5-12(13-9-15)6-11(10)8-14;2*1-2/h9-12H,2-8H2,1H3,(H,13,15);2*1-2H3. The highest BCUT2D eigenvalue weighted by molar-refractivity contribution is 5.46. The van der Waals surface area contributed by atoms with Gasteiger partial charge in [0.25, 0.3) is 0 Å². The van der Waals surface area contributed by atoms with Crippen LogP contribution in [-0.2, 0) is 4.79 Å². The van der Waals surface area contributed by atoms with Gasteiger partial charge in [-0.05, 0) is 37.6 Å². The summed E-state index contributed by atoms with van der Waals surface area (Å²) in [5, 5.41) is 2.93. The molecule has 114 valence electrons. The smallest absolute Gasteiger partial charge is 0.207 e. The highest BCUT2D eigenvalue weighted by Crippen LogP contribution is 2.37. The van der Waals surface area contributed by atoms with Gasteiger partial charge in [-0.1, -0.05) is 41.0 Å². The van der Waals surface area contributed by atoms with Gasteiger partial charge >= 0.3 is 0 Å². The van der Waals surface area contributed by atoms with Gasteiger partial charge in [0.2, 0.25) is 6.41 Å². The van der Waals surface area contributed by atoms with E-state index in [4.69, 9.17) is 0 Å². The van der Waals surface area contributed by atoms with Gasteiger partial charge in [-0.25, -0.2) is 0 Å². The average molecular weight is 270 g/mol. The predicted octanol–water partition coefficient (Wildman–Crippen LogP) is 3.30. The van der Waals surface area contributed by atoms with Crippen molar-refractivity contribution in [1.29, 1.82) is 0 Å². The van der Waals surface area contributed by atoms with E-state index in [1.807, 2.05) is 27.7 Å². The Morgan fingerprint density at radius 2 is 1.63 bits per heavy atom. The Bertz CT molecular complexity index is 207. The summed E-state index contributed by atoms with van der Waals surface area (Å²) < 4.78 is 0. The lowest BCUT2D eigenvalue weighted by molar-refractivity contribution is -0.110. The van der Waals surface area contributed by atoms with Gasteiger partial charge in [0, 0.05) is 19.1 Å². The molecular formula is C16H34N2O. The summed E-state index contributed by atoms with van der Waals surface area (Å²) in [6.07, 6.45) is 5.88. The molecule has 2 rings (SSSR count). The van der Waals surface area contributed by atoms with E-state index in [-0.39, 0.29) is 0 Å². The van der Waals surface area contributed by atoms with Crippen LogP contribution in [-0.4, -0.2) is 37.0 Å². The van der Waals surface area contributed by atoms with Crippen molar-refractivity contribution in [1.82, 2.24) is 10.2 Å². The van der Waals surface area contributed by atoms with Gasteiger partial charge in [-0.15, -0.1) is 0 Å². The Morgan fingerprint density at radius 1 is 1.11 bits per heavy atom. The molecule has 0 radical (unpaired) electrons. The van der Waals surface area contributed by atoms with Crippen molar-refractivity contribution in [2.75, 3.05) is 19.6 Å². The number of likely N-dealkylation sites (tertiary alicyclic amines) is 1. The predicted molar refractivity (Wildman–Crippen MR) is 83.2 cm³/mol. The molecule has 3 nitrogen and oxygen atoms in total. The van der Waals surface area contributed by atoms with Crippen LogP contribution in [0.1, 0.15) is 60.3 Å². The fourth-order valence-corrected chi connectivity index (χ4v) is 3.19. The maximum absolute atomic E-state index is 10.4. The maximum Gasteiger partial charge on any atom is 0.207 e. The number of carbonyl (C=O) groups excluding carboxylic acids is 1. The van der Waals surface area contributed by atoms with Crippen molar-refractivity contribution in [3.63, 3.8) is 0 Å². The second kappa shape index (κ2) is 11.3. The fraction of sp³-hybridized carbons (Fsp3) is 0.938. The molecule has 1 saturated carbocycles. The highest BCUT2D eigenvalue weighted by atomic mass is 16.1. The minimum Gasteiger partial charge on any atom is -0.356 e. The van der Waals surface area contributed by atoms with Gasteiger partial charge in [-0.3, -0.25) is 4.79 Å². The summed E-state index contributed by atoms with van der Waals surface area (Å²) in [4.78, 5) is 13.0. The van der Waals surface area contributed by atoms with Crippen molar-refractivity contribution < 1.29 is 4.79 Å². The van der Waals surface area contributed by atoms with Crippen LogP contribution in [0, 0.1) is 11.8 Å². The summed E-state index contributed by atoms with van der Waals surface area (Å²) >= 11 is 0. The summed E-state index contributed by atoms with van der Waals surface area (Å²) in [6.45, 7) is 14.1. The Kier molecular flexibility index (Phi) is 10.9. The first-order chi connectivity index (χ1) is 9.33. The molecule has 3 heteroatoms. The fourth-order valence-electron chi connectivity index (χ4n) is 3.19. The topological polar surface area (TPSA) is 32.3 Å². The molecule has 2 atom stereocenters. The molecule has 0 aromatic rings. The summed E-state index contributed by atoms with van der Waals surface area (Å²) in [6, 6.07) is 0.464. The molecule has 1 aliphatic carbocycles. The molecule has 2 unspecified atom stereocenters. The van der Waals surface area contributed by atoms with Crippen molar-refractivity contribution in [2.45, 2.75) is 66.3 Å². The van der Waals surface area contributed by atoms with E-state index < -0.39 is 0 Å². The maximum atomic E-state index is 10.4. The first-order valence-corrected chi connectivity index (χ1v) is 8.25. The molecule has 1 amide bonds. The monoisotopic (exact) mass is 270 g/mol. The third kappa shape index (κ3) is 5.94. The molecule has 1 saturated heterocycles. The van der Waals surface area contributed by atoms with Crippen LogP contribution >= 0.6 is 0 Å². The van der Waals surface area contributed by atoms with Crippen LogP contribution in [0.2, 0.25) is 0 Å². The quantitative estimate of drug-likeness (QED) is 0.777. The number of hydrogen-bond acceptors (Lipinski definition) is 2. The Morgan fingerprint density at radius 3 is 2.05 bits per heavy atom. The largest absolute Gasteiger partial charge is 0.356 e. The minimum atomic E-state index is 0.464. The number of carbonyl (C=O) groups is 1. The molecule has 1 N–H and O–H groups in total. The number of fused-ring (bicyclic) bond motifs is 1. The van der Waals surface area contributed by atoms with E-state index in [0.29, 0.717) is 6.04 Å². The first kappa shape index (κ1) is 18.4. The number of rotatable bonds is 5. The van der Waals surface area contributed by atoms with Crippen molar-refractivity contribution in [3.8, 4) is 0 Å². The zero-order valence-electron chi connectivity index (χ0n) is 13.6. The van der Waals surface area contributed by atoms with Crippen LogP contribution in [0.4, 0.5) is 0 Å². The number of amides is 1. The van der Waals surface area contributed by atoms with Crippen LogP contribution < -0.4 is 5.32 Å². The summed E-state index contributed by atoms with van der Waals surface area (Å²) in [5.41, 5.74) is 0. The molecular weight excluding hydrogens is 236 g/mol. The molecule has 0 aromatic heterocycles. The van der Waals surface area contributed by atoms with Crippen molar-refractivity contribution in [2.24, 2.45) is 11.8 Å². The molecule has 2 fully saturated rings. The summed E-state index contributed by atoms with van der Waals surface area (Å²) in [7, 11) is 0. The van der Waals surface area contributed by atoms with E-state index in [2.05, 4.69) is 17.1 Å². The molecule has 1 heterocycles. The molecule has 0 aromatic carbocycles. The normalized spacial score (nSPS) is 28.6. The van der Waals surface area contributed by atoms with E-state index in [1.165, 1.54) is 45.3 Å². The van der Waals surface area contributed by atoms with Gasteiger partial charge in [0.15, 0.2) is 0 Å². The summed E-state index contributed by atoms with van der Waals surface area (Å²) in [5.74, 6) is 1.69. The zero-order chi connectivity index (χ0) is 14.7. The van der Waals surface area contributed by atoms with Crippen LogP contribution in [0.25, 0.3) is 0 Å². The molecule has 1 aliphatic heterocycles. The second-order valence-corrected chi connectivity index (χ2v) is 5.09. The Labute approximate surface area is 120 Å². The van der Waals surface area contributed by atoms with Crippen LogP contribution in [0.5, 0.6) is 0 Å². The molecule has 0 bridgehead atoms. The lowest BCUT2D eigenvalue weighted by Gasteiger charge is -2.18. The lowest BCUT2D eigenvalue weighted by Crippen LogP contribution is -2.29. The number of nitrogens with one attached hydrogen (secondary N) is 1. The third-order valence-electron chi connectivity index (χ3n) is 3.96. The highest BCUT2D eigenvalue weighted by Gasteiger charge is 2.40. The van der Waals surface area contributed by atoms with Crippen molar-refractivity contribution >= 4 is 6.41 Å². The van der Waals surface area contributed by atoms with E-state index in [9.17, 15) is 4.79 Å². The van der Waals surface area contributed by atoms with Crippen LogP contribution in [0.15, 0.2) is 0 Å². The van der Waals surface area contributed by atoms with Crippen LogP contribution in [0.3, 0.4) is 0 Å². The second-order valence-electron chi connectivity index (χ2n) is 5.09. The van der Waals surface area contributed by atoms with Crippen molar-refractivity contribution in [3.05, 3.63) is 0 Å². The third-order valence-corrected chi connectivity index (χ3v) is 3.96. The number of unbranched alkanes of at least 4 members (excludes halogenated alkanes) is 1. The average Bonchev–Trinajstić information content (AvgIpc) is 2.99. The number of nitrogens with zero attached hydrogens (tertiary/aromatic N) is 1. The Hall–Kier alpha value is -0.570. The molecule has 0 spiro atoms. The zero-order valence-corrected chi connectivity index (χ0v) is 13.6. The van der Waals surface area contributed by atoms with Gasteiger partial charge in [-0.2, -0.15) is 0 Å². The van der Waals surface area contributed by atoms with E-state index in [0.717, 1.165) is 18.2 Å². The van der Waals surface area contributed by atoms with Gasteiger partial charge in [0.1, 0.15) is 0 Å². The minimum absolute atomic E-state index is 0.464. The van der Waals surface area contributed by atoms with Gasteiger partial charge < -0.3 is 10.2 Å². The van der Waals surface area contributed by atoms with E-state index >= 15 is 0 Å². The first-order valence-electron chi connectivity index (χ1n) is 8.25. The molecule has 2 aliphatic rings. The van der Waals surface area contributed by atoms with E-state index in [1.54, 1.807) is 0 Å².